The zero-order valence-electron chi connectivity index (χ0n) is 11.5. The van der Waals surface area contributed by atoms with Gasteiger partial charge in [0, 0.05) is 5.56 Å². The van der Waals surface area contributed by atoms with Crippen LogP contribution in [0.25, 0.3) is 0 Å². The van der Waals surface area contributed by atoms with E-state index in [1.54, 1.807) is 16.7 Å². The Morgan fingerprint density at radius 2 is 2.21 bits per heavy atom. The lowest BCUT2D eigenvalue weighted by molar-refractivity contribution is 0.113. The van der Waals surface area contributed by atoms with Crippen LogP contribution in [-0.4, -0.2) is 6.10 Å². The second-order valence-electron chi connectivity index (χ2n) is 6.85. The van der Waals surface area contributed by atoms with Gasteiger partial charge in [0.2, 0.25) is 0 Å². The molecule has 3 atom stereocenters. The smallest absolute Gasteiger partial charge is 0.127 e. The maximum absolute atomic E-state index is 6.47. The normalized spacial score (nSPS) is 37.4. The van der Waals surface area contributed by atoms with Crippen LogP contribution >= 0.6 is 0 Å². The van der Waals surface area contributed by atoms with Crippen LogP contribution in [0.2, 0.25) is 0 Å². The lowest BCUT2D eigenvalue weighted by Crippen LogP contribution is -2.49. The summed E-state index contributed by atoms with van der Waals surface area (Å²) in [4.78, 5) is 0. The van der Waals surface area contributed by atoms with Gasteiger partial charge in [0.1, 0.15) is 11.9 Å². The molecule has 1 aromatic rings. The number of hydrogen-bond donors (Lipinski definition) is 0. The van der Waals surface area contributed by atoms with Gasteiger partial charge in [-0.05, 0) is 56.1 Å². The van der Waals surface area contributed by atoms with Crippen molar-refractivity contribution >= 4 is 0 Å². The topological polar surface area (TPSA) is 9.23 Å². The SMILES string of the molecule is Cc1ccc2c3c1O[C@H]1CCC=C4[C@H](CCC[C@]431)C2. The highest BCUT2D eigenvalue weighted by atomic mass is 16.5. The first-order valence-electron chi connectivity index (χ1n) is 7.81. The van der Waals surface area contributed by atoms with Gasteiger partial charge in [-0.2, -0.15) is 0 Å². The van der Waals surface area contributed by atoms with E-state index in [0.29, 0.717) is 6.10 Å². The lowest BCUT2D eigenvalue weighted by Gasteiger charge is -2.50. The summed E-state index contributed by atoms with van der Waals surface area (Å²) < 4.78 is 6.47. The minimum absolute atomic E-state index is 0.288. The summed E-state index contributed by atoms with van der Waals surface area (Å²) in [6.07, 6.45) is 10.8. The van der Waals surface area contributed by atoms with Crippen molar-refractivity contribution in [3.05, 3.63) is 40.5 Å². The Morgan fingerprint density at radius 3 is 3.16 bits per heavy atom. The molecule has 1 heteroatoms. The summed E-state index contributed by atoms with van der Waals surface area (Å²) in [5, 5.41) is 0. The molecule has 19 heavy (non-hydrogen) atoms. The van der Waals surface area contributed by atoms with Gasteiger partial charge in [0.05, 0.1) is 5.41 Å². The number of aryl methyl sites for hydroxylation is 1. The summed E-state index contributed by atoms with van der Waals surface area (Å²) in [5.74, 6) is 2.05. The molecule has 0 radical (unpaired) electrons. The predicted molar refractivity (Wildman–Crippen MR) is 75.6 cm³/mol. The van der Waals surface area contributed by atoms with Gasteiger partial charge in [0.25, 0.3) is 0 Å². The highest BCUT2D eigenvalue weighted by molar-refractivity contribution is 5.62. The molecule has 98 valence electrons. The first-order chi connectivity index (χ1) is 9.30. The van der Waals surface area contributed by atoms with Crippen LogP contribution in [0.3, 0.4) is 0 Å². The summed E-state index contributed by atoms with van der Waals surface area (Å²) in [7, 11) is 0. The Morgan fingerprint density at radius 1 is 1.26 bits per heavy atom. The van der Waals surface area contributed by atoms with Gasteiger partial charge in [-0.3, -0.25) is 0 Å². The first kappa shape index (κ1) is 10.5. The maximum atomic E-state index is 6.47. The van der Waals surface area contributed by atoms with E-state index in [2.05, 4.69) is 25.1 Å². The van der Waals surface area contributed by atoms with E-state index in [9.17, 15) is 0 Å². The number of benzene rings is 1. The Hall–Kier alpha value is -1.24. The van der Waals surface area contributed by atoms with Crippen LogP contribution < -0.4 is 4.74 Å². The summed E-state index contributed by atoms with van der Waals surface area (Å²) in [5.41, 5.74) is 6.57. The fourth-order valence-corrected chi connectivity index (χ4v) is 5.37. The van der Waals surface area contributed by atoms with E-state index in [0.717, 1.165) is 5.92 Å². The molecule has 0 saturated heterocycles. The fourth-order valence-electron chi connectivity index (χ4n) is 5.37. The summed E-state index contributed by atoms with van der Waals surface area (Å²) in [6.45, 7) is 2.21. The molecule has 0 N–H and O–H groups in total. The van der Waals surface area contributed by atoms with Crippen molar-refractivity contribution < 1.29 is 4.74 Å². The second-order valence-corrected chi connectivity index (χ2v) is 6.85. The zero-order chi connectivity index (χ0) is 12.6. The van der Waals surface area contributed by atoms with Crippen molar-refractivity contribution in [1.82, 2.24) is 0 Å². The minimum Gasteiger partial charge on any atom is -0.489 e. The van der Waals surface area contributed by atoms with Crippen LogP contribution in [0.5, 0.6) is 5.75 Å². The Kier molecular flexibility index (Phi) is 1.81. The molecule has 0 amide bonds. The van der Waals surface area contributed by atoms with Crippen molar-refractivity contribution in [3.63, 3.8) is 0 Å². The molecule has 1 aliphatic heterocycles. The molecule has 0 aromatic heterocycles. The standard InChI is InChI=1S/C18H20O/c1-11-7-8-13-10-12-4-3-9-18-14(12)5-2-6-15(18)19-17(11)16(13)18/h5,7-8,12,15H,2-4,6,9-10H2,1H3/t12-,15+,18-/m1/s1. The van der Waals surface area contributed by atoms with Crippen molar-refractivity contribution in [2.75, 3.05) is 0 Å². The van der Waals surface area contributed by atoms with Crippen molar-refractivity contribution in [1.29, 1.82) is 0 Å². The van der Waals surface area contributed by atoms with E-state index < -0.39 is 0 Å². The molecule has 1 spiro atoms. The monoisotopic (exact) mass is 252 g/mol. The molecular formula is C18H20O. The third-order valence-corrected chi connectivity index (χ3v) is 6.03. The van der Waals surface area contributed by atoms with E-state index in [-0.39, 0.29) is 5.41 Å². The minimum atomic E-state index is 0.288. The van der Waals surface area contributed by atoms with Gasteiger partial charge in [-0.25, -0.2) is 0 Å². The van der Waals surface area contributed by atoms with Gasteiger partial charge in [0.15, 0.2) is 0 Å². The average molecular weight is 252 g/mol. The van der Waals surface area contributed by atoms with Gasteiger partial charge in [-0.1, -0.05) is 30.2 Å². The van der Waals surface area contributed by atoms with E-state index in [4.69, 9.17) is 4.74 Å². The van der Waals surface area contributed by atoms with Gasteiger partial charge >= 0.3 is 0 Å². The van der Waals surface area contributed by atoms with Crippen molar-refractivity contribution in [2.45, 2.75) is 57.0 Å². The highest BCUT2D eigenvalue weighted by Gasteiger charge is 2.58. The molecule has 1 heterocycles. The molecule has 5 rings (SSSR count). The molecule has 1 aromatic carbocycles. The summed E-state index contributed by atoms with van der Waals surface area (Å²) >= 11 is 0. The lowest BCUT2D eigenvalue weighted by atomic mass is 9.53. The van der Waals surface area contributed by atoms with E-state index in [1.807, 2.05) is 0 Å². The molecule has 4 aliphatic rings. The van der Waals surface area contributed by atoms with Crippen LogP contribution in [0.15, 0.2) is 23.8 Å². The Bertz CT molecular complexity index is 612. The Labute approximate surface area is 114 Å². The molecule has 1 fully saturated rings. The highest BCUT2D eigenvalue weighted by Crippen LogP contribution is 2.63. The largest absolute Gasteiger partial charge is 0.489 e. The first-order valence-corrected chi connectivity index (χ1v) is 7.81. The van der Waals surface area contributed by atoms with Crippen LogP contribution in [0.4, 0.5) is 0 Å². The van der Waals surface area contributed by atoms with E-state index in [1.165, 1.54) is 49.8 Å². The zero-order valence-corrected chi connectivity index (χ0v) is 11.5. The molecule has 0 unspecified atom stereocenters. The third kappa shape index (κ3) is 1.06. The van der Waals surface area contributed by atoms with E-state index >= 15 is 0 Å². The quantitative estimate of drug-likeness (QED) is 0.632. The molecular weight excluding hydrogens is 232 g/mol. The number of ether oxygens (including phenoxy) is 1. The molecule has 2 bridgehead atoms. The van der Waals surface area contributed by atoms with Gasteiger partial charge in [-0.15, -0.1) is 0 Å². The van der Waals surface area contributed by atoms with Crippen molar-refractivity contribution in [3.8, 4) is 5.75 Å². The summed E-state index contributed by atoms with van der Waals surface area (Å²) in [6, 6.07) is 4.65. The number of hydrogen-bond acceptors (Lipinski definition) is 1. The Balaban J connectivity index is 1.89. The van der Waals surface area contributed by atoms with Gasteiger partial charge < -0.3 is 4.74 Å². The van der Waals surface area contributed by atoms with Crippen LogP contribution in [0.1, 0.15) is 48.8 Å². The second kappa shape index (κ2) is 3.26. The van der Waals surface area contributed by atoms with Crippen LogP contribution in [0, 0.1) is 12.8 Å². The number of rotatable bonds is 0. The molecule has 1 nitrogen and oxygen atoms in total. The van der Waals surface area contributed by atoms with Crippen LogP contribution in [-0.2, 0) is 11.8 Å². The third-order valence-electron chi connectivity index (χ3n) is 6.03. The number of allylic oxidation sites excluding steroid dienone is 1. The van der Waals surface area contributed by atoms with Crippen molar-refractivity contribution in [2.24, 2.45) is 5.92 Å². The fraction of sp³-hybridized carbons (Fsp3) is 0.556. The predicted octanol–water partition coefficient (Wildman–Crippen LogP) is 4.07. The average Bonchev–Trinajstić information content (AvgIpc) is 2.74. The molecule has 3 aliphatic carbocycles. The molecule has 1 saturated carbocycles. The maximum Gasteiger partial charge on any atom is 0.127 e.